The third-order valence-corrected chi connectivity index (χ3v) is 3.97. The number of hydrogen-bond donors (Lipinski definition) is 0. The van der Waals surface area contributed by atoms with Crippen LogP contribution in [0.3, 0.4) is 0 Å². The molecule has 0 amide bonds. The Kier molecular flexibility index (Phi) is 4.29. The van der Waals surface area contributed by atoms with Gasteiger partial charge in [0.1, 0.15) is 5.82 Å². The third-order valence-electron chi connectivity index (χ3n) is 3.97. The quantitative estimate of drug-likeness (QED) is 0.864. The van der Waals surface area contributed by atoms with Crippen molar-refractivity contribution < 1.29 is 8.91 Å². The number of rotatable bonds is 4. The van der Waals surface area contributed by atoms with Crippen molar-refractivity contribution in [3.8, 4) is 0 Å². The summed E-state index contributed by atoms with van der Waals surface area (Å²) >= 11 is 0. The van der Waals surface area contributed by atoms with Gasteiger partial charge in [-0.2, -0.15) is 4.98 Å². The number of halogens is 1. The second-order valence-corrected chi connectivity index (χ2v) is 5.51. The molecule has 1 atom stereocenters. The molecule has 0 spiro atoms. The molecule has 0 N–H and O–H groups in total. The Morgan fingerprint density at radius 2 is 2.29 bits per heavy atom. The van der Waals surface area contributed by atoms with E-state index in [1.165, 1.54) is 6.07 Å². The van der Waals surface area contributed by atoms with Crippen LogP contribution in [-0.2, 0) is 13.0 Å². The Balaban J connectivity index is 1.78. The van der Waals surface area contributed by atoms with Gasteiger partial charge in [0, 0.05) is 13.0 Å². The fourth-order valence-corrected chi connectivity index (χ4v) is 2.88. The summed E-state index contributed by atoms with van der Waals surface area (Å²) in [7, 11) is 0. The number of hydrogen-bond acceptors (Lipinski definition) is 4. The molecule has 1 aromatic carbocycles. The van der Waals surface area contributed by atoms with Gasteiger partial charge in [-0.1, -0.05) is 30.6 Å². The molecule has 1 aliphatic heterocycles. The van der Waals surface area contributed by atoms with Crippen LogP contribution in [0.1, 0.15) is 49.5 Å². The van der Waals surface area contributed by atoms with E-state index in [4.69, 9.17) is 4.52 Å². The Bertz CT molecular complexity index is 599. The highest BCUT2D eigenvalue weighted by atomic mass is 19.1. The molecule has 0 bridgehead atoms. The summed E-state index contributed by atoms with van der Waals surface area (Å²) < 4.78 is 18.7. The molecule has 1 aromatic heterocycles. The van der Waals surface area contributed by atoms with Gasteiger partial charge in [-0.05, 0) is 37.1 Å². The van der Waals surface area contributed by atoms with E-state index >= 15 is 0 Å². The maximum Gasteiger partial charge on any atom is 0.244 e. The van der Waals surface area contributed by atoms with Crippen LogP contribution in [0.5, 0.6) is 0 Å². The highest BCUT2D eigenvalue weighted by Gasteiger charge is 2.28. The van der Waals surface area contributed by atoms with Crippen LogP contribution in [0.4, 0.5) is 4.39 Å². The number of likely N-dealkylation sites (tertiary alicyclic amines) is 1. The lowest BCUT2D eigenvalue weighted by atomic mass is 10.0. The maximum absolute atomic E-state index is 13.3. The van der Waals surface area contributed by atoms with Gasteiger partial charge in [-0.15, -0.1) is 0 Å². The van der Waals surface area contributed by atoms with E-state index in [-0.39, 0.29) is 11.9 Å². The fraction of sp³-hybridized carbons (Fsp3) is 0.500. The van der Waals surface area contributed by atoms with Crippen LogP contribution in [0.25, 0.3) is 0 Å². The number of aryl methyl sites for hydroxylation is 1. The van der Waals surface area contributed by atoms with Crippen LogP contribution in [0.2, 0.25) is 0 Å². The number of nitrogens with zero attached hydrogens (tertiary/aromatic N) is 3. The SMILES string of the molecule is CCc1noc(C2CCCCN2Cc2cccc(F)c2)n1. The zero-order valence-corrected chi connectivity index (χ0v) is 12.3. The van der Waals surface area contributed by atoms with Gasteiger partial charge in [0.15, 0.2) is 5.82 Å². The summed E-state index contributed by atoms with van der Waals surface area (Å²) in [6.07, 6.45) is 4.11. The van der Waals surface area contributed by atoms with Crippen molar-refractivity contribution in [2.75, 3.05) is 6.54 Å². The fourth-order valence-electron chi connectivity index (χ4n) is 2.88. The zero-order chi connectivity index (χ0) is 14.7. The van der Waals surface area contributed by atoms with Gasteiger partial charge in [-0.3, -0.25) is 4.90 Å². The topological polar surface area (TPSA) is 42.2 Å². The van der Waals surface area contributed by atoms with Crippen molar-refractivity contribution in [1.82, 2.24) is 15.0 Å². The van der Waals surface area contributed by atoms with Crippen LogP contribution in [0, 0.1) is 5.82 Å². The molecule has 1 aliphatic rings. The van der Waals surface area contributed by atoms with Crippen molar-refractivity contribution in [1.29, 1.82) is 0 Å². The molecule has 3 rings (SSSR count). The summed E-state index contributed by atoms with van der Waals surface area (Å²) in [5.74, 6) is 1.26. The number of aromatic nitrogens is 2. The van der Waals surface area contributed by atoms with E-state index in [1.54, 1.807) is 12.1 Å². The molecule has 0 saturated carbocycles. The van der Waals surface area contributed by atoms with E-state index in [1.807, 2.05) is 13.0 Å². The highest BCUT2D eigenvalue weighted by molar-refractivity contribution is 5.16. The lowest BCUT2D eigenvalue weighted by Gasteiger charge is -2.33. The molecule has 2 aromatic rings. The summed E-state index contributed by atoms with van der Waals surface area (Å²) in [5.41, 5.74) is 0.983. The van der Waals surface area contributed by atoms with E-state index < -0.39 is 0 Å². The first kappa shape index (κ1) is 14.2. The van der Waals surface area contributed by atoms with Crippen molar-refractivity contribution in [2.24, 2.45) is 0 Å². The van der Waals surface area contributed by atoms with Gasteiger partial charge in [-0.25, -0.2) is 4.39 Å². The predicted octanol–water partition coefficient (Wildman–Crippen LogP) is 3.50. The lowest BCUT2D eigenvalue weighted by molar-refractivity contribution is 0.111. The second kappa shape index (κ2) is 6.35. The minimum Gasteiger partial charge on any atom is -0.338 e. The van der Waals surface area contributed by atoms with Gasteiger partial charge in [0.2, 0.25) is 5.89 Å². The summed E-state index contributed by atoms with van der Waals surface area (Å²) in [4.78, 5) is 6.78. The summed E-state index contributed by atoms with van der Waals surface area (Å²) in [6, 6.07) is 6.93. The van der Waals surface area contributed by atoms with Crippen LogP contribution in [0.15, 0.2) is 28.8 Å². The van der Waals surface area contributed by atoms with Gasteiger partial charge in [0.05, 0.1) is 6.04 Å². The first-order chi connectivity index (χ1) is 10.3. The molecule has 0 radical (unpaired) electrons. The van der Waals surface area contributed by atoms with Crippen molar-refractivity contribution in [2.45, 2.75) is 45.2 Å². The van der Waals surface area contributed by atoms with Crippen LogP contribution < -0.4 is 0 Å². The largest absolute Gasteiger partial charge is 0.338 e. The van der Waals surface area contributed by atoms with Crippen LogP contribution >= 0.6 is 0 Å². The molecule has 2 heterocycles. The lowest BCUT2D eigenvalue weighted by Crippen LogP contribution is -2.33. The van der Waals surface area contributed by atoms with Gasteiger partial charge < -0.3 is 4.52 Å². The standard InChI is InChI=1S/C16H20FN3O/c1-2-15-18-16(21-19-15)14-8-3-4-9-20(14)11-12-6-5-7-13(17)10-12/h5-7,10,14H,2-4,8-9,11H2,1H3. The molecule has 1 fully saturated rings. The first-order valence-electron chi connectivity index (χ1n) is 7.57. The first-order valence-corrected chi connectivity index (χ1v) is 7.57. The molecular weight excluding hydrogens is 269 g/mol. The second-order valence-electron chi connectivity index (χ2n) is 5.51. The normalized spacial score (nSPS) is 19.8. The zero-order valence-electron chi connectivity index (χ0n) is 12.3. The van der Waals surface area contributed by atoms with E-state index in [2.05, 4.69) is 15.0 Å². The van der Waals surface area contributed by atoms with Crippen molar-refractivity contribution in [3.05, 3.63) is 47.4 Å². The maximum atomic E-state index is 13.3. The summed E-state index contributed by atoms with van der Waals surface area (Å²) in [5, 5.41) is 3.99. The number of piperidine rings is 1. The Hall–Kier alpha value is -1.75. The predicted molar refractivity (Wildman–Crippen MR) is 77.1 cm³/mol. The Labute approximate surface area is 124 Å². The molecular formula is C16H20FN3O. The number of benzene rings is 1. The Morgan fingerprint density at radius 3 is 3.05 bits per heavy atom. The van der Waals surface area contributed by atoms with Gasteiger partial charge in [0.25, 0.3) is 0 Å². The molecule has 21 heavy (non-hydrogen) atoms. The minimum absolute atomic E-state index is 0.148. The minimum atomic E-state index is -0.188. The molecule has 5 heteroatoms. The van der Waals surface area contributed by atoms with E-state index in [0.29, 0.717) is 12.4 Å². The average Bonchev–Trinajstić information content (AvgIpc) is 2.97. The van der Waals surface area contributed by atoms with E-state index in [0.717, 1.165) is 43.6 Å². The van der Waals surface area contributed by atoms with Crippen molar-refractivity contribution in [3.63, 3.8) is 0 Å². The molecule has 0 aliphatic carbocycles. The molecule has 112 valence electrons. The monoisotopic (exact) mass is 289 g/mol. The van der Waals surface area contributed by atoms with Gasteiger partial charge >= 0.3 is 0 Å². The smallest absolute Gasteiger partial charge is 0.244 e. The molecule has 4 nitrogen and oxygen atoms in total. The third kappa shape index (κ3) is 3.29. The molecule has 1 saturated heterocycles. The average molecular weight is 289 g/mol. The van der Waals surface area contributed by atoms with E-state index in [9.17, 15) is 4.39 Å². The van der Waals surface area contributed by atoms with Crippen LogP contribution in [-0.4, -0.2) is 21.6 Å². The molecule has 1 unspecified atom stereocenters. The Morgan fingerprint density at radius 1 is 1.38 bits per heavy atom. The highest BCUT2D eigenvalue weighted by Crippen LogP contribution is 2.31. The van der Waals surface area contributed by atoms with Crippen molar-refractivity contribution >= 4 is 0 Å². The summed E-state index contributed by atoms with van der Waals surface area (Å²) in [6.45, 7) is 3.71.